The zero-order valence-corrected chi connectivity index (χ0v) is 12.2. The van der Waals surface area contributed by atoms with Gasteiger partial charge in [-0.2, -0.15) is 0 Å². The fraction of sp³-hybridized carbons (Fsp3) is 0.143. The number of nitrogens with one attached hydrogen (secondary N) is 1. The highest BCUT2D eigenvalue weighted by Gasteiger charge is 2.27. The molecule has 5 nitrogen and oxygen atoms in total. The second-order valence-electron chi connectivity index (χ2n) is 4.85. The third-order valence-electron chi connectivity index (χ3n) is 3.39. The van der Waals surface area contributed by atoms with Gasteiger partial charge in [-0.1, -0.05) is 6.07 Å². The van der Waals surface area contributed by atoms with Gasteiger partial charge in [0.15, 0.2) is 0 Å². The first-order chi connectivity index (χ1) is 10.2. The van der Waals surface area contributed by atoms with E-state index < -0.39 is 7.12 Å². The Morgan fingerprint density at radius 1 is 1.29 bits per heavy atom. The van der Waals surface area contributed by atoms with E-state index in [0.717, 1.165) is 27.2 Å². The summed E-state index contributed by atoms with van der Waals surface area (Å²) in [6.45, 7) is 0.894. The largest absolute Gasteiger partial charge is 0.491 e. The molecule has 7 heteroatoms. The summed E-state index contributed by atoms with van der Waals surface area (Å²) in [4.78, 5) is 1.03. The van der Waals surface area contributed by atoms with Crippen molar-refractivity contribution in [3.8, 4) is 0 Å². The van der Waals surface area contributed by atoms with Crippen LogP contribution < -0.4 is 21.7 Å². The monoisotopic (exact) mass is 301 g/mol. The molecule has 0 amide bonds. The Labute approximate surface area is 128 Å². The van der Waals surface area contributed by atoms with E-state index in [4.69, 9.17) is 16.1 Å². The minimum atomic E-state index is -0.831. The standard InChI is InChI=1S/C14H16BN3O2S/c16-7-10-5-11(17)2-4-14(10)21-18-12-3-1-9-8-20-15(19)13(9)6-12/h1-6,18-19H,7-8,16-17H2. The molecule has 0 saturated carbocycles. The van der Waals surface area contributed by atoms with E-state index in [0.29, 0.717) is 18.8 Å². The normalized spacial score (nSPS) is 13.3. The molecule has 0 fully saturated rings. The van der Waals surface area contributed by atoms with Crippen molar-refractivity contribution in [2.24, 2.45) is 5.73 Å². The van der Waals surface area contributed by atoms with E-state index in [1.54, 1.807) is 0 Å². The second kappa shape index (κ2) is 5.99. The van der Waals surface area contributed by atoms with E-state index in [9.17, 15) is 5.02 Å². The minimum absolute atomic E-state index is 0.436. The fourth-order valence-electron chi connectivity index (χ4n) is 2.25. The van der Waals surface area contributed by atoms with Crippen molar-refractivity contribution in [2.75, 3.05) is 10.5 Å². The Kier molecular flexibility index (Phi) is 4.07. The van der Waals surface area contributed by atoms with Crippen LogP contribution in [0.15, 0.2) is 41.3 Å². The van der Waals surface area contributed by atoms with E-state index in [2.05, 4.69) is 4.72 Å². The second-order valence-corrected chi connectivity index (χ2v) is 5.70. The van der Waals surface area contributed by atoms with Crippen molar-refractivity contribution in [1.29, 1.82) is 0 Å². The molecule has 1 aliphatic rings. The number of nitrogens with two attached hydrogens (primary N) is 2. The first-order valence-corrected chi connectivity index (χ1v) is 7.43. The highest BCUT2D eigenvalue weighted by atomic mass is 32.2. The SMILES string of the molecule is NCc1cc(N)ccc1SNc1ccc2c(c1)B(O)OC2. The summed E-state index contributed by atoms with van der Waals surface area (Å²) in [5.41, 5.74) is 15.9. The molecule has 0 atom stereocenters. The average Bonchev–Trinajstić information content (AvgIpc) is 2.87. The zero-order chi connectivity index (χ0) is 14.8. The predicted molar refractivity (Wildman–Crippen MR) is 87.1 cm³/mol. The van der Waals surface area contributed by atoms with Gasteiger partial charge in [0.1, 0.15) is 0 Å². The summed E-state index contributed by atoms with van der Waals surface area (Å²) in [6.07, 6.45) is 0. The average molecular weight is 301 g/mol. The van der Waals surface area contributed by atoms with Crippen LogP contribution >= 0.6 is 11.9 Å². The topological polar surface area (TPSA) is 93.5 Å². The van der Waals surface area contributed by atoms with E-state index in [-0.39, 0.29) is 0 Å². The number of benzene rings is 2. The maximum atomic E-state index is 9.72. The molecule has 21 heavy (non-hydrogen) atoms. The number of hydrogen-bond donors (Lipinski definition) is 4. The number of anilines is 2. The lowest BCUT2D eigenvalue weighted by molar-refractivity contribution is 0.275. The molecule has 2 aromatic carbocycles. The maximum absolute atomic E-state index is 9.72. The van der Waals surface area contributed by atoms with Gasteiger partial charge in [0.2, 0.25) is 0 Å². The lowest BCUT2D eigenvalue weighted by Gasteiger charge is -2.11. The first-order valence-electron chi connectivity index (χ1n) is 6.61. The van der Waals surface area contributed by atoms with Gasteiger partial charge in [-0.05, 0) is 58.9 Å². The number of hydrogen-bond acceptors (Lipinski definition) is 6. The lowest BCUT2D eigenvalue weighted by Crippen LogP contribution is -2.28. The van der Waals surface area contributed by atoms with Crippen LogP contribution in [-0.2, 0) is 17.8 Å². The highest BCUT2D eigenvalue weighted by Crippen LogP contribution is 2.26. The van der Waals surface area contributed by atoms with Crippen LogP contribution in [0.3, 0.4) is 0 Å². The fourth-order valence-corrected chi connectivity index (χ4v) is 3.01. The van der Waals surface area contributed by atoms with Gasteiger partial charge < -0.3 is 25.9 Å². The summed E-state index contributed by atoms with van der Waals surface area (Å²) in [5, 5.41) is 9.72. The van der Waals surface area contributed by atoms with Crippen molar-refractivity contribution < 1.29 is 9.68 Å². The minimum Gasteiger partial charge on any atom is -0.423 e. The Hall–Kier alpha value is -1.67. The number of rotatable bonds is 4. The third-order valence-corrected chi connectivity index (χ3v) is 4.35. The van der Waals surface area contributed by atoms with Gasteiger partial charge >= 0.3 is 7.12 Å². The molecule has 108 valence electrons. The van der Waals surface area contributed by atoms with Gasteiger partial charge in [-0.3, -0.25) is 0 Å². The van der Waals surface area contributed by atoms with Crippen molar-refractivity contribution in [1.82, 2.24) is 0 Å². The van der Waals surface area contributed by atoms with Crippen LogP contribution in [0.5, 0.6) is 0 Å². The summed E-state index contributed by atoms with van der Waals surface area (Å²) in [5.74, 6) is 0. The van der Waals surface area contributed by atoms with E-state index in [1.807, 2.05) is 36.4 Å². The molecule has 0 aromatic heterocycles. The Morgan fingerprint density at radius 2 is 2.14 bits per heavy atom. The Bertz CT molecular complexity index is 669. The molecule has 3 rings (SSSR count). The lowest BCUT2D eigenvalue weighted by atomic mass is 9.79. The van der Waals surface area contributed by atoms with Gasteiger partial charge in [-0.25, -0.2) is 0 Å². The predicted octanol–water partition coefficient (Wildman–Crippen LogP) is 1.06. The zero-order valence-electron chi connectivity index (χ0n) is 11.4. The highest BCUT2D eigenvalue weighted by molar-refractivity contribution is 8.00. The summed E-state index contributed by atoms with van der Waals surface area (Å²) in [6, 6.07) is 11.5. The molecule has 2 aromatic rings. The summed E-state index contributed by atoms with van der Waals surface area (Å²) < 4.78 is 8.44. The maximum Gasteiger partial charge on any atom is 0.491 e. The summed E-state index contributed by atoms with van der Waals surface area (Å²) in [7, 11) is -0.831. The van der Waals surface area contributed by atoms with Crippen LogP contribution in [0.1, 0.15) is 11.1 Å². The molecule has 0 saturated heterocycles. The molecule has 0 aliphatic carbocycles. The molecular weight excluding hydrogens is 285 g/mol. The molecule has 0 unspecified atom stereocenters. The van der Waals surface area contributed by atoms with Crippen molar-refractivity contribution in [3.63, 3.8) is 0 Å². The molecule has 0 spiro atoms. The number of nitrogen functional groups attached to an aromatic ring is 1. The van der Waals surface area contributed by atoms with Crippen LogP contribution in [0.4, 0.5) is 11.4 Å². The van der Waals surface area contributed by atoms with E-state index >= 15 is 0 Å². The first kappa shape index (κ1) is 14.3. The molecule has 0 bridgehead atoms. The smallest absolute Gasteiger partial charge is 0.423 e. The van der Waals surface area contributed by atoms with Gasteiger partial charge in [0.25, 0.3) is 0 Å². The molecule has 0 radical (unpaired) electrons. The van der Waals surface area contributed by atoms with Crippen molar-refractivity contribution in [2.45, 2.75) is 18.0 Å². The molecule has 6 N–H and O–H groups in total. The van der Waals surface area contributed by atoms with Crippen LogP contribution in [0, 0.1) is 0 Å². The molecule has 1 heterocycles. The summed E-state index contributed by atoms with van der Waals surface area (Å²) >= 11 is 1.47. The van der Waals surface area contributed by atoms with E-state index in [1.165, 1.54) is 11.9 Å². The molecule has 1 aliphatic heterocycles. The molecular formula is C14H16BN3O2S. The van der Waals surface area contributed by atoms with Gasteiger partial charge in [0.05, 0.1) is 6.61 Å². The third kappa shape index (κ3) is 3.01. The Balaban J connectivity index is 1.75. The van der Waals surface area contributed by atoms with Gasteiger partial charge in [0, 0.05) is 22.8 Å². The van der Waals surface area contributed by atoms with Crippen LogP contribution in [-0.4, -0.2) is 12.1 Å². The van der Waals surface area contributed by atoms with Crippen molar-refractivity contribution >= 4 is 35.9 Å². The number of fused-ring (bicyclic) bond motifs is 1. The van der Waals surface area contributed by atoms with Crippen LogP contribution in [0.2, 0.25) is 0 Å². The van der Waals surface area contributed by atoms with Crippen LogP contribution in [0.25, 0.3) is 0 Å². The quantitative estimate of drug-likeness (QED) is 0.383. The van der Waals surface area contributed by atoms with Gasteiger partial charge in [-0.15, -0.1) is 0 Å². The van der Waals surface area contributed by atoms with Crippen molar-refractivity contribution in [3.05, 3.63) is 47.5 Å². The Morgan fingerprint density at radius 3 is 2.95 bits per heavy atom.